The molecule has 156 valence electrons. The average Bonchev–Trinajstić information content (AvgIpc) is 3.08. The molecule has 0 spiro atoms. The van der Waals surface area contributed by atoms with Crippen molar-refractivity contribution in [2.24, 2.45) is 0 Å². The van der Waals surface area contributed by atoms with Gasteiger partial charge in [0.1, 0.15) is 6.10 Å². The number of carbonyl (C=O) groups excluding carboxylic acids is 1. The summed E-state index contributed by atoms with van der Waals surface area (Å²) in [5.41, 5.74) is 3.06. The summed E-state index contributed by atoms with van der Waals surface area (Å²) in [5, 5.41) is 7.40. The van der Waals surface area contributed by atoms with Crippen molar-refractivity contribution in [3.63, 3.8) is 0 Å². The van der Waals surface area contributed by atoms with E-state index < -0.39 is 0 Å². The summed E-state index contributed by atoms with van der Waals surface area (Å²) in [5.74, 6) is 0. The van der Waals surface area contributed by atoms with E-state index in [0.29, 0.717) is 19.7 Å². The van der Waals surface area contributed by atoms with Gasteiger partial charge in [0.2, 0.25) is 0 Å². The van der Waals surface area contributed by atoms with Crippen LogP contribution in [0.25, 0.3) is 0 Å². The Balaban J connectivity index is 1.39. The van der Waals surface area contributed by atoms with Crippen LogP contribution in [0.15, 0.2) is 36.7 Å². The largest absolute Gasteiger partial charge is 0.371 e. The lowest BCUT2D eigenvalue weighted by Gasteiger charge is -2.32. The van der Waals surface area contributed by atoms with Gasteiger partial charge in [-0.2, -0.15) is 5.10 Å². The smallest absolute Gasteiger partial charge is 0.322 e. The Labute approximate surface area is 172 Å². The zero-order valence-corrected chi connectivity index (χ0v) is 17.2. The van der Waals surface area contributed by atoms with Gasteiger partial charge in [-0.3, -0.25) is 4.68 Å². The maximum atomic E-state index is 12.9. The second kappa shape index (κ2) is 9.31. The highest BCUT2D eigenvalue weighted by atomic mass is 16.5. The third-order valence-electron chi connectivity index (χ3n) is 5.77. The summed E-state index contributed by atoms with van der Waals surface area (Å²) in [7, 11) is 0. The minimum absolute atomic E-state index is 0.0748. The van der Waals surface area contributed by atoms with E-state index >= 15 is 0 Å². The molecule has 1 aromatic carbocycles. The summed E-state index contributed by atoms with van der Waals surface area (Å²) in [6.45, 7) is 6.72. The van der Waals surface area contributed by atoms with Crippen molar-refractivity contribution in [3.8, 4) is 0 Å². The monoisotopic (exact) mass is 397 g/mol. The van der Waals surface area contributed by atoms with Gasteiger partial charge in [-0.1, -0.05) is 18.9 Å². The van der Waals surface area contributed by atoms with Crippen LogP contribution in [0.4, 0.5) is 16.2 Å². The number of nitrogens with zero attached hydrogens (tertiary/aromatic N) is 4. The van der Waals surface area contributed by atoms with Gasteiger partial charge in [0.25, 0.3) is 0 Å². The molecule has 4 rings (SSSR count). The average molecular weight is 398 g/mol. The number of morpholine rings is 1. The molecule has 2 aliphatic heterocycles. The lowest BCUT2D eigenvalue weighted by atomic mass is 10.1. The highest BCUT2D eigenvalue weighted by Crippen LogP contribution is 2.25. The molecule has 1 atom stereocenters. The van der Waals surface area contributed by atoms with E-state index in [9.17, 15) is 4.79 Å². The normalized spacial score (nSPS) is 20.4. The lowest BCUT2D eigenvalue weighted by Crippen LogP contribution is -2.44. The first-order valence-corrected chi connectivity index (χ1v) is 10.8. The van der Waals surface area contributed by atoms with Gasteiger partial charge < -0.3 is 19.9 Å². The summed E-state index contributed by atoms with van der Waals surface area (Å²) < 4.78 is 7.76. The second-order valence-corrected chi connectivity index (χ2v) is 7.82. The standard InChI is InChI=1S/C22H31N5O2/c1-2-27-16-18(15-23-27)21-17-26(12-13-29-21)22(28)24-19-8-7-9-20(14-19)25-10-5-3-4-6-11-25/h7-9,14-16,21H,2-6,10-13,17H2,1H3,(H,24,28). The number of anilines is 2. The highest BCUT2D eigenvalue weighted by molar-refractivity contribution is 5.90. The fourth-order valence-electron chi connectivity index (χ4n) is 4.07. The number of rotatable bonds is 4. The molecule has 1 aromatic heterocycles. The molecule has 0 bridgehead atoms. The van der Waals surface area contributed by atoms with E-state index in [1.807, 2.05) is 34.1 Å². The van der Waals surface area contributed by atoms with Gasteiger partial charge in [-0.05, 0) is 38.0 Å². The molecule has 2 saturated heterocycles. The van der Waals surface area contributed by atoms with Crippen LogP contribution >= 0.6 is 0 Å². The van der Waals surface area contributed by atoms with E-state index in [2.05, 4.69) is 34.4 Å². The number of benzene rings is 1. The van der Waals surface area contributed by atoms with Crippen molar-refractivity contribution >= 4 is 17.4 Å². The maximum Gasteiger partial charge on any atom is 0.322 e. The Kier molecular flexibility index (Phi) is 6.34. The molecule has 1 N–H and O–H groups in total. The van der Waals surface area contributed by atoms with E-state index in [1.54, 1.807) is 0 Å². The molecule has 0 radical (unpaired) electrons. The number of nitrogens with one attached hydrogen (secondary N) is 1. The molecule has 29 heavy (non-hydrogen) atoms. The van der Waals surface area contributed by atoms with Crippen molar-refractivity contribution in [3.05, 3.63) is 42.2 Å². The van der Waals surface area contributed by atoms with Gasteiger partial charge in [0, 0.05) is 49.3 Å². The maximum absolute atomic E-state index is 12.9. The molecule has 2 aromatic rings. The molecule has 0 aliphatic carbocycles. The van der Waals surface area contributed by atoms with Gasteiger partial charge >= 0.3 is 6.03 Å². The second-order valence-electron chi connectivity index (χ2n) is 7.82. The molecule has 1 unspecified atom stereocenters. The van der Waals surface area contributed by atoms with Crippen LogP contribution in [0.2, 0.25) is 0 Å². The third kappa shape index (κ3) is 4.90. The number of hydrogen-bond acceptors (Lipinski definition) is 4. The van der Waals surface area contributed by atoms with Crippen LogP contribution in [0, 0.1) is 0 Å². The van der Waals surface area contributed by atoms with Crippen LogP contribution < -0.4 is 10.2 Å². The van der Waals surface area contributed by atoms with E-state index in [0.717, 1.165) is 30.9 Å². The zero-order valence-electron chi connectivity index (χ0n) is 17.2. The van der Waals surface area contributed by atoms with Crippen molar-refractivity contribution in [2.75, 3.05) is 43.0 Å². The number of aryl methyl sites for hydroxylation is 1. The van der Waals surface area contributed by atoms with Gasteiger partial charge in [0.05, 0.1) is 19.3 Å². The predicted octanol–water partition coefficient (Wildman–Crippen LogP) is 3.89. The highest BCUT2D eigenvalue weighted by Gasteiger charge is 2.26. The number of ether oxygens (including phenoxy) is 1. The Bertz CT molecular complexity index is 813. The van der Waals surface area contributed by atoms with Crippen LogP contribution in [-0.4, -0.2) is 53.5 Å². The molecule has 2 fully saturated rings. The molecule has 2 aliphatic rings. The molecule has 0 saturated carbocycles. The number of urea groups is 1. The quantitative estimate of drug-likeness (QED) is 0.850. The number of aromatic nitrogens is 2. The Morgan fingerprint density at radius 2 is 2.03 bits per heavy atom. The first kappa shape index (κ1) is 19.8. The molecular formula is C22H31N5O2. The van der Waals surface area contributed by atoms with Crippen molar-refractivity contribution in [2.45, 2.75) is 45.3 Å². The summed E-state index contributed by atoms with van der Waals surface area (Å²) in [4.78, 5) is 17.1. The lowest BCUT2D eigenvalue weighted by molar-refractivity contribution is -0.0135. The van der Waals surface area contributed by atoms with Gasteiger partial charge in [0.15, 0.2) is 0 Å². The number of hydrogen-bond donors (Lipinski definition) is 1. The van der Waals surface area contributed by atoms with Gasteiger partial charge in [-0.15, -0.1) is 0 Å². The Morgan fingerprint density at radius 3 is 2.79 bits per heavy atom. The number of amides is 2. The third-order valence-corrected chi connectivity index (χ3v) is 5.77. The predicted molar refractivity (Wildman–Crippen MR) is 114 cm³/mol. The van der Waals surface area contributed by atoms with E-state index in [-0.39, 0.29) is 12.1 Å². The van der Waals surface area contributed by atoms with Crippen LogP contribution in [-0.2, 0) is 11.3 Å². The molecule has 7 heteroatoms. The fourth-order valence-corrected chi connectivity index (χ4v) is 4.07. The Hall–Kier alpha value is -2.54. The first-order chi connectivity index (χ1) is 14.2. The first-order valence-electron chi connectivity index (χ1n) is 10.8. The van der Waals surface area contributed by atoms with Crippen LogP contribution in [0.3, 0.4) is 0 Å². The fraction of sp³-hybridized carbons (Fsp3) is 0.545. The minimum Gasteiger partial charge on any atom is -0.371 e. The molecule has 7 nitrogen and oxygen atoms in total. The van der Waals surface area contributed by atoms with Crippen LogP contribution in [0.5, 0.6) is 0 Å². The molecule has 3 heterocycles. The van der Waals surface area contributed by atoms with E-state index in [1.165, 1.54) is 31.4 Å². The minimum atomic E-state index is -0.127. The van der Waals surface area contributed by atoms with E-state index in [4.69, 9.17) is 4.74 Å². The van der Waals surface area contributed by atoms with Crippen LogP contribution in [0.1, 0.15) is 44.3 Å². The van der Waals surface area contributed by atoms with Gasteiger partial charge in [-0.25, -0.2) is 4.79 Å². The van der Waals surface area contributed by atoms with Crippen molar-refractivity contribution < 1.29 is 9.53 Å². The number of carbonyl (C=O) groups is 1. The summed E-state index contributed by atoms with van der Waals surface area (Å²) in [6.07, 6.45) is 8.79. The van der Waals surface area contributed by atoms with Crippen molar-refractivity contribution in [1.29, 1.82) is 0 Å². The molecule has 2 amide bonds. The topological polar surface area (TPSA) is 62.6 Å². The molecular weight excluding hydrogens is 366 g/mol. The summed E-state index contributed by atoms with van der Waals surface area (Å²) in [6, 6.07) is 8.14. The Morgan fingerprint density at radius 1 is 1.21 bits per heavy atom. The zero-order chi connectivity index (χ0) is 20.1. The van der Waals surface area contributed by atoms with Crippen molar-refractivity contribution in [1.82, 2.24) is 14.7 Å². The summed E-state index contributed by atoms with van der Waals surface area (Å²) >= 11 is 0. The SMILES string of the molecule is CCn1cc(C2CN(C(=O)Nc3cccc(N4CCCCCC4)c3)CCO2)cn1.